The molecular formula is C31H40FN3O4SSi. The van der Waals surface area contributed by atoms with Gasteiger partial charge in [-0.25, -0.2) is 14.2 Å². The summed E-state index contributed by atoms with van der Waals surface area (Å²) in [5, 5.41) is 15.1. The Kier molecular flexibility index (Phi) is 9.35. The van der Waals surface area contributed by atoms with Gasteiger partial charge in [0.05, 0.1) is 29.3 Å². The number of likely N-dealkylation sites (tertiary alicyclic amines) is 1. The van der Waals surface area contributed by atoms with Crippen molar-refractivity contribution in [2.75, 3.05) is 5.32 Å². The van der Waals surface area contributed by atoms with Gasteiger partial charge in [0.15, 0.2) is 8.32 Å². The van der Waals surface area contributed by atoms with E-state index >= 15 is 0 Å². The molecule has 10 heteroatoms. The maximum Gasteiger partial charge on any atom is 0.407 e. The lowest BCUT2D eigenvalue weighted by Crippen LogP contribution is -2.49. The molecule has 2 amide bonds. The predicted molar refractivity (Wildman–Crippen MR) is 163 cm³/mol. The zero-order valence-corrected chi connectivity index (χ0v) is 26.4. The topological polar surface area (TPSA) is 91.8 Å². The SMILES string of the molecule is CC(C(=O)Nc1ccc(C[C@H]2CC[C@@H]([C@H](O[Si](C)(C)C(C)(C)C)c3cccc(F)c3)N2C(=O)O)cc1)c1cscn1. The molecule has 4 atom stereocenters. The number of carboxylic acid groups (broad SMARTS) is 1. The molecule has 0 aliphatic carbocycles. The molecule has 7 nitrogen and oxygen atoms in total. The highest BCUT2D eigenvalue weighted by molar-refractivity contribution is 7.07. The number of nitrogens with one attached hydrogen (secondary N) is 1. The Morgan fingerprint density at radius 2 is 1.90 bits per heavy atom. The zero-order chi connectivity index (χ0) is 29.9. The van der Waals surface area contributed by atoms with E-state index in [1.165, 1.54) is 28.4 Å². The molecule has 0 radical (unpaired) electrons. The Morgan fingerprint density at radius 1 is 1.20 bits per heavy atom. The molecule has 0 spiro atoms. The van der Waals surface area contributed by atoms with Crippen LogP contribution in [0.5, 0.6) is 0 Å². The van der Waals surface area contributed by atoms with Crippen molar-refractivity contribution in [1.29, 1.82) is 0 Å². The summed E-state index contributed by atoms with van der Waals surface area (Å²) in [7, 11) is -2.32. The largest absolute Gasteiger partial charge is 0.465 e. The minimum Gasteiger partial charge on any atom is -0.465 e. The first-order chi connectivity index (χ1) is 19.3. The van der Waals surface area contributed by atoms with Crippen molar-refractivity contribution in [3.05, 3.63) is 82.1 Å². The molecule has 0 saturated carbocycles. The predicted octanol–water partition coefficient (Wildman–Crippen LogP) is 7.84. The van der Waals surface area contributed by atoms with Crippen LogP contribution >= 0.6 is 11.3 Å². The lowest BCUT2D eigenvalue weighted by atomic mass is 10.0. The third-order valence-corrected chi connectivity index (χ3v) is 13.6. The van der Waals surface area contributed by atoms with E-state index in [2.05, 4.69) is 44.2 Å². The van der Waals surface area contributed by atoms with Crippen LogP contribution in [0.2, 0.25) is 18.1 Å². The molecule has 2 heterocycles. The van der Waals surface area contributed by atoms with Crippen LogP contribution < -0.4 is 5.32 Å². The number of hydrogen-bond acceptors (Lipinski definition) is 5. The molecule has 1 aliphatic rings. The summed E-state index contributed by atoms with van der Waals surface area (Å²) in [6.07, 6.45) is 0.257. The summed E-state index contributed by atoms with van der Waals surface area (Å²) < 4.78 is 21.2. The van der Waals surface area contributed by atoms with Gasteiger partial charge < -0.3 is 14.8 Å². The Balaban J connectivity index is 1.51. The van der Waals surface area contributed by atoms with E-state index in [0.29, 0.717) is 30.5 Å². The second-order valence-corrected chi connectivity index (χ2v) is 17.8. The normalized spacial score (nSPS) is 19.1. The maximum atomic E-state index is 14.3. The number of rotatable bonds is 9. The fraction of sp³-hybridized carbons (Fsp3) is 0.452. The van der Waals surface area contributed by atoms with E-state index < -0.39 is 26.6 Å². The van der Waals surface area contributed by atoms with Crippen molar-refractivity contribution in [3.8, 4) is 0 Å². The van der Waals surface area contributed by atoms with Gasteiger partial charge >= 0.3 is 6.09 Å². The Labute approximate surface area is 246 Å². The first-order valence-corrected chi connectivity index (χ1v) is 17.8. The molecule has 2 N–H and O–H groups in total. The van der Waals surface area contributed by atoms with Gasteiger partial charge in [0.1, 0.15) is 5.82 Å². The van der Waals surface area contributed by atoms with Gasteiger partial charge in [0.25, 0.3) is 0 Å². The summed E-state index contributed by atoms with van der Waals surface area (Å²) in [4.78, 5) is 31.1. The minimum absolute atomic E-state index is 0.0974. The molecule has 0 bridgehead atoms. The van der Waals surface area contributed by atoms with Gasteiger partial charge in [-0.3, -0.25) is 9.69 Å². The second kappa shape index (κ2) is 12.4. The van der Waals surface area contributed by atoms with Crippen LogP contribution in [0.4, 0.5) is 14.9 Å². The Bertz CT molecular complexity index is 1340. The van der Waals surface area contributed by atoms with Gasteiger partial charge in [0.2, 0.25) is 5.91 Å². The molecular weight excluding hydrogens is 558 g/mol. The van der Waals surface area contributed by atoms with Crippen molar-refractivity contribution in [1.82, 2.24) is 9.88 Å². The average molecular weight is 598 g/mol. The summed E-state index contributed by atoms with van der Waals surface area (Å²) >= 11 is 1.46. The third-order valence-electron chi connectivity index (χ3n) is 8.50. The van der Waals surface area contributed by atoms with Gasteiger partial charge in [0, 0.05) is 17.1 Å². The first kappa shape index (κ1) is 30.9. The molecule has 1 aromatic heterocycles. The number of halogens is 1. The van der Waals surface area contributed by atoms with Crippen LogP contribution in [0.15, 0.2) is 59.4 Å². The molecule has 1 aliphatic heterocycles. The van der Waals surface area contributed by atoms with Gasteiger partial charge in [-0.2, -0.15) is 0 Å². The molecule has 41 heavy (non-hydrogen) atoms. The van der Waals surface area contributed by atoms with E-state index in [9.17, 15) is 19.1 Å². The number of nitrogens with zero attached hydrogens (tertiary/aromatic N) is 2. The number of carbonyl (C=O) groups excluding carboxylic acids is 1. The summed E-state index contributed by atoms with van der Waals surface area (Å²) in [5.41, 5.74) is 4.76. The fourth-order valence-corrected chi connectivity index (χ4v) is 7.00. The number of benzene rings is 2. The van der Waals surface area contributed by atoms with Crippen molar-refractivity contribution < 1.29 is 23.5 Å². The van der Waals surface area contributed by atoms with E-state index in [0.717, 1.165) is 11.3 Å². The van der Waals surface area contributed by atoms with Crippen LogP contribution in [0.25, 0.3) is 0 Å². The second-order valence-electron chi connectivity index (χ2n) is 12.4. The smallest absolute Gasteiger partial charge is 0.407 e. The highest BCUT2D eigenvalue weighted by Crippen LogP contribution is 2.44. The van der Waals surface area contributed by atoms with Crippen molar-refractivity contribution in [3.63, 3.8) is 0 Å². The standard InChI is InChI=1S/C31H40FN3O4SSi/c1-20(26-18-40-19-33-26)29(36)34-24-12-10-21(11-13-24)16-25-14-15-27(35(25)30(37)38)28(22-8-7-9-23(32)17-22)39-41(5,6)31(2,3)4/h7-13,17-20,25,27-28H,14-16H2,1-6H3,(H,34,36)(H,37,38)/t20?,25-,27+,28-/m1/s1. The first-order valence-electron chi connectivity index (χ1n) is 14.0. The average Bonchev–Trinajstić information content (AvgIpc) is 3.58. The highest BCUT2D eigenvalue weighted by Gasteiger charge is 2.46. The lowest BCUT2D eigenvalue weighted by molar-refractivity contribution is -0.117. The molecule has 220 valence electrons. The maximum absolute atomic E-state index is 14.3. The third kappa shape index (κ3) is 7.23. The lowest BCUT2D eigenvalue weighted by Gasteiger charge is -2.42. The summed E-state index contributed by atoms with van der Waals surface area (Å²) in [5.74, 6) is -0.861. The van der Waals surface area contributed by atoms with Crippen LogP contribution in [0.1, 0.15) is 69.4 Å². The quantitative estimate of drug-likeness (QED) is 0.245. The number of amides is 2. The summed E-state index contributed by atoms with van der Waals surface area (Å²) in [6.45, 7) is 12.5. The number of anilines is 1. The van der Waals surface area contributed by atoms with E-state index in [4.69, 9.17) is 4.43 Å². The minimum atomic E-state index is -2.32. The van der Waals surface area contributed by atoms with Crippen LogP contribution in [-0.2, 0) is 15.6 Å². The van der Waals surface area contributed by atoms with Crippen molar-refractivity contribution in [2.45, 2.75) is 89.2 Å². The molecule has 1 saturated heterocycles. The van der Waals surface area contributed by atoms with Crippen LogP contribution in [-0.4, -0.2) is 47.4 Å². The Hall–Kier alpha value is -3.08. The molecule has 4 rings (SSSR count). The van der Waals surface area contributed by atoms with Crippen LogP contribution in [0.3, 0.4) is 0 Å². The number of aromatic nitrogens is 1. The van der Waals surface area contributed by atoms with E-state index in [1.807, 2.05) is 42.6 Å². The van der Waals surface area contributed by atoms with E-state index in [-0.39, 0.29) is 28.7 Å². The van der Waals surface area contributed by atoms with E-state index in [1.54, 1.807) is 11.6 Å². The monoisotopic (exact) mass is 597 g/mol. The molecule has 2 aromatic carbocycles. The van der Waals surface area contributed by atoms with Gasteiger partial charge in [-0.1, -0.05) is 45.0 Å². The zero-order valence-electron chi connectivity index (χ0n) is 24.6. The number of carbonyl (C=O) groups is 2. The van der Waals surface area contributed by atoms with Crippen molar-refractivity contribution >= 4 is 37.3 Å². The molecule has 1 unspecified atom stereocenters. The fourth-order valence-electron chi connectivity index (χ4n) is 5.07. The van der Waals surface area contributed by atoms with Crippen molar-refractivity contribution in [2.24, 2.45) is 0 Å². The van der Waals surface area contributed by atoms with Gasteiger partial charge in [-0.15, -0.1) is 11.3 Å². The van der Waals surface area contributed by atoms with Crippen LogP contribution in [0, 0.1) is 5.82 Å². The Morgan fingerprint density at radius 3 is 2.49 bits per heavy atom. The molecule has 1 fully saturated rings. The molecule has 3 aromatic rings. The van der Waals surface area contributed by atoms with Gasteiger partial charge in [-0.05, 0) is 79.7 Å². The summed E-state index contributed by atoms with van der Waals surface area (Å²) in [6, 6.07) is 13.2. The number of hydrogen-bond donors (Lipinski definition) is 2. The number of thiazole rings is 1. The highest BCUT2D eigenvalue weighted by atomic mass is 32.1.